The third-order valence-corrected chi connectivity index (χ3v) is 5.51. The Morgan fingerprint density at radius 2 is 1.92 bits per heavy atom. The lowest BCUT2D eigenvalue weighted by Gasteiger charge is -2.34. The van der Waals surface area contributed by atoms with Crippen molar-refractivity contribution in [3.05, 3.63) is 11.9 Å². The number of nitrogens with zero attached hydrogens (tertiary/aromatic N) is 4. The summed E-state index contributed by atoms with van der Waals surface area (Å²) in [5.74, 6) is 0.592. The van der Waals surface area contributed by atoms with Crippen molar-refractivity contribution in [2.24, 2.45) is 0 Å². The van der Waals surface area contributed by atoms with Crippen molar-refractivity contribution >= 4 is 5.91 Å². The van der Waals surface area contributed by atoms with Gasteiger partial charge in [-0.1, -0.05) is 24.5 Å². The van der Waals surface area contributed by atoms with E-state index in [2.05, 4.69) is 34.4 Å². The predicted octanol–water partition coefficient (Wildman–Crippen LogP) is 2.31. The molecule has 1 amide bonds. The average molecular weight is 333 g/mol. The highest BCUT2D eigenvalue weighted by Gasteiger charge is 2.23. The molecule has 6 nitrogen and oxygen atoms in total. The van der Waals surface area contributed by atoms with Gasteiger partial charge in [0.25, 0.3) is 0 Å². The van der Waals surface area contributed by atoms with Crippen LogP contribution in [-0.4, -0.2) is 51.0 Å². The van der Waals surface area contributed by atoms with Gasteiger partial charge in [-0.25, -0.2) is 4.68 Å². The summed E-state index contributed by atoms with van der Waals surface area (Å²) in [7, 11) is 0. The van der Waals surface area contributed by atoms with Gasteiger partial charge in [0, 0.05) is 37.3 Å². The lowest BCUT2D eigenvalue weighted by atomic mass is 9.87. The van der Waals surface area contributed by atoms with Crippen LogP contribution in [0.3, 0.4) is 0 Å². The van der Waals surface area contributed by atoms with E-state index in [9.17, 15) is 4.79 Å². The second kappa shape index (κ2) is 8.10. The normalized spacial score (nSPS) is 21.3. The summed E-state index contributed by atoms with van der Waals surface area (Å²) in [6.07, 6.45) is 10.4. The molecular formula is C18H31N5O. The van der Waals surface area contributed by atoms with Gasteiger partial charge in [0.2, 0.25) is 5.91 Å². The Kier molecular flexibility index (Phi) is 5.87. The summed E-state index contributed by atoms with van der Waals surface area (Å²) in [6, 6.07) is 0.892. The molecule has 1 aromatic rings. The monoisotopic (exact) mass is 333 g/mol. The van der Waals surface area contributed by atoms with Crippen LogP contribution in [0.5, 0.6) is 0 Å². The Labute approximate surface area is 145 Å². The van der Waals surface area contributed by atoms with E-state index in [0.29, 0.717) is 18.0 Å². The van der Waals surface area contributed by atoms with Crippen LogP contribution in [0.25, 0.3) is 0 Å². The standard InChI is InChI=1S/C18H31N5O/c1-14(2)22-10-8-16(9-11-22)19-18(24)13-23-12-17(20-21-23)15-6-4-3-5-7-15/h12,14-16H,3-11,13H2,1-2H3,(H,19,24). The van der Waals surface area contributed by atoms with Crippen molar-refractivity contribution < 1.29 is 4.79 Å². The highest BCUT2D eigenvalue weighted by molar-refractivity contribution is 5.75. The molecule has 0 atom stereocenters. The van der Waals surface area contributed by atoms with Gasteiger partial charge in [0.1, 0.15) is 6.54 Å². The third-order valence-electron chi connectivity index (χ3n) is 5.51. The molecule has 0 aromatic carbocycles. The van der Waals surface area contributed by atoms with E-state index < -0.39 is 0 Å². The van der Waals surface area contributed by atoms with Crippen LogP contribution in [0.4, 0.5) is 0 Å². The molecule has 1 aromatic heterocycles. The Balaban J connectivity index is 1.44. The van der Waals surface area contributed by atoms with Gasteiger partial charge in [0.15, 0.2) is 0 Å². The number of hydrogen-bond acceptors (Lipinski definition) is 4. The Bertz CT molecular complexity index is 527. The van der Waals surface area contributed by atoms with Gasteiger partial charge in [-0.3, -0.25) is 4.79 Å². The van der Waals surface area contributed by atoms with Gasteiger partial charge in [-0.2, -0.15) is 0 Å². The minimum atomic E-state index is 0.0538. The zero-order chi connectivity index (χ0) is 16.9. The lowest BCUT2D eigenvalue weighted by Crippen LogP contribution is -2.47. The second-order valence-electron chi connectivity index (χ2n) is 7.65. The topological polar surface area (TPSA) is 63.1 Å². The van der Waals surface area contributed by atoms with Gasteiger partial charge in [-0.15, -0.1) is 5.10 Å². The molecule has 2 fully saturated rings. The SMILES string of the molecule is CC(C)N1CCC(NC(=O)Cn2cc(C3CCCCC3)nn2)CC1. The van der Waals surface area contributed by atoms with Crippen molar-refractivity contribution in [1.29, 1.82) is 0 Å². The van der Waals surface area contributed by atoms with Crippen LogP contribution in [-0.2, 0) is 11.3 Å². The van der Waals surface area contributed by atoms with Crippen molar-refractivity contribution in [1.82, 2.24) is 25.2 Å². The highest BCUT2D eigenvalue weighted by atomic mass is 16.2. The predicted molar refractivity (Wildman–Crippen MR) is 93.7 cm³/mol. The maximum atomic E-state index is 12.3. The maximum Gasteiger partial charge on any atom is 0.242 e. The van der Waals surface area contributed by atoms with Gasteiger partial charge < -0.3 is 10.2 Å². The summed E-state index contributed by atoms with van der Waals surface area (Å²) >= 11 is 0. The fourth-order valence-electron chi connectivity index (χ4n) is 3.96. The molecule has 134 valence electrons. The molecule has 0 spiro atoms. The molecule has 0 unspecified atom stereocenters. The minimum Gasteiger partial charge on any atom is -0.352 e. The molecule has 6 heteroatoms. The number of piperidine rings is 1. The summed E-state index contributed by atoms with van der Waals surface area (Å²) in [4.78, 5) is 14.7. The van der Waals surface area contributed by atoms with Crippen molar-refractivity contribution in [2.75, 3.05) is 13.1 Å². The first-order chi connectivity index (χ1) is 11.6. The summed E-state index contributed by atoms with van der Waals surface area (Å²) in [5.41, 5.74) is 1.06. The van der Waals surface area contributed by atoms with Crippen LogP contribution in [0, 0.1) is 0 Å². The molecule has 3 rings (SSSR count). The zero-order valence-electron chi connectivity index (χ0n) is 15.1. The molecule has 2 heterocycles. The van der Waals surface area contributed by atoms with E-state index in [4.69, 9.17) is 0 Å². The molecule has 0 bridgehead atoms. The number of nitrogens with one attached hydrogen (secondary N) is 1. The third kappa shape index (κ3) is 4.56. The molecule has 0 radical (unpaired) electrons. The highest BCUT2D eigenvalue weighted by Crippen LogP contribution is 2.31. The second-order valence-corrected chi connectivity index (χ2v) is 7.65. The van der Waals surface area contributed by atoms with Crippen molar-refractivity contribution in [2.45, 2.75) is 83.3 Å². The summed E-state index contributed by atoms with van der Waals surface area (Å²) < 4.78 is 1.70. The number of carbonyl (C=O) groups is 1. The number of amides is 1. The van der Waals surface area contributed by atoms with E-state index in [-0.39, 0.29) is 12.5 Å². The number of likely N-dealkylation sites (tertiary alicyclic amines) is 1. The molecule has 2 aliphatic rings. The Morgan fingerprint density at radius 1 is 1.21 bits per heavy atom. The van der Waals surface area contributed by atoms with Gasteiger partial charge >= 0.3 is 0 Å². The molecular weight excluding hydrogens is 302 g/mol. The zero-order valence-corrected chi connectivity index (χ0v) is 15.1. The van der Waals surface area contributed by atoms with Crippen molar-refractivity contribution in [3.8, 4) is 0 Å². The fourth-order valence-corrected chi connectivity index (χ4v) is 3.96. The van der Waals surface area contributed by atoms with E-state index in [1.54, 1.807) is 4.68 Å². The quantitative estimate of drug-likeness (QED) is 0.898. The number of aromatic nitrogens is 3. The van der Waals surface area contributed by atoms with E-state index >= 15 is 0 Å². The molecule has 1 N–H and O–H groups in total. The smallest absolute Gasteiger partial charge is 0.242 e. The summed E-state index contributed by atoms with van der Waals surface area (Å²) in [6.45, 7) is 6.88. The Hall–Kier alpha value is -1.43. The number of rotatable bonds is 5. The maximum absolute atomic E-state index is 12.3. The largest absolute Gasteiger partial charge is 0.352 e. The summed E-state index contributed by atoms with van der Waals surface area (Å²) in [5, 5.41) is 11.6. The number of carbonyl (C=O) groups excluding carboxylic acids is 1. The molecule has 24 heavy (non-hydrogen) atoms. The number of hydrogen-bond donors (Lipinski definition) is 1. The van der Waals surface area contributed by atoms with Crippen LogP contribution in [0.2, 0.25) is 0 Å². The fraction of sp³-hybridized carbons (Fsp3) is 0.833. The van der Waals surface area contributed by atoms with Gasteiger partial charge in [0.05, 0.1) is 5.69 Å². The molecule has 1 aliphatic carbocycles. The minimum absolute atomic E-state index is 0.0538. The molecule has 1 aliphatic heterocycles. The van der Waals surface area contributed by atoms with Gasteiger partial charge in [-0.05, 0) is 39.5 Å². The van der Waals surface area contributed by atoms with Crippen LogP contribution in [0.1, 0.15) is 70.4 Å². The van der Waals surface area contributed by atoms with Crippen molar-refractivity contribution in [3.63, 3.8) is 0 Å². The Morgan fingerprint density at radius 3 is 2.58 bits per heavy atom. The first kappa shape index (κ1) is 17.4. The van der Waals surface area contributed by atoms with E-state index in [1.807, 2.05) is 6.20 Å². The molecule has 1 saturated carbocycles. The lowest BCUT2D eigenvalue weighted by molar-refractivity contribution is -0.122. The molecule has 1 saturated heterocycles. The van der Waals surface area contributed by atoms with Crippen LogP contribution >= 0.6 is 0 Å². The van der Waals surface area contributed by atoms with E-state index in [0.717, 1.165) is 31.6 Å². The van der Waals surface area contributed by atoms with E-state index in [1.165, 1.54) is 32.1 Å². The average Bonchev–Trinajstić information content (AvgIpc) is 3.04. The van der Waals surface area contributed by atoms with Crippen LogP contribution < -0.4 is 5.32 Å². The van der Waals surface area contributed by atoms with Crippen LogP contribution in [0.15, 0.2) is 6.20 Å². The first-order valence-corrected chi connectivity index (χ1v) is 9.55. The first-order valence-electron chi connectivity index (χ1n) is 9.55.